The summed E-state index contributed by atoms with van der Waals surface area (Å²) in [5, 5.41) is 11.8. The van der Waals surface area contributed by atoms with Crippen LogP contribution in [0.1, 0.15) is 44.7 Å². The number of rotatable bonds is 12. The maximum absolute atomic E-state index is 13.4. The highest BCUT2D eigenvalue weighted by Gasteiger charge is 2.49. The van der Waals surface area contributed by atoms with E-state index in [4.69, 9.17) is 27.0 Å². The van der Waals surface area contributed by atoms with Crippen molar-refractivity contribution in [2.45, 2.75) is 45.3 Å². The number of carbonyl (C=O) groups is 2. The van der Waals surface area contributed by atoms with Gasteiger partial charge in [-0.15, -0.1) is 0 Å². The molecule has 0 radical (unpaired) electrons. The number of nitrogens with one attached hydrogen (secondary N) is 1. The summed E-state index contributed by atoms with van der Waals surface area (Å²) in [5.41, 5.74) is -2.86. The number of anilines is 1. The number of hydrogen-bond donors (Lipinski definition) is 1. The largest absolute Gasteiger partial charge is 0.417 e. The lowest BCUT2D eigenvalue weighted by Gasteiger charge is -2.29. The standard InChI is InChI=1S/C23H29F3N4O4S/c1-4-33-12-13-34-11-9-28-19(31)6-5-10-29-21(35)30(20(32)22(29,2)3)17-8-7-16(15-27)18(14-17)23(24,25)26/h7-8,14H,4-6,9-13H2,1-3H3,(H,28,31). The lowest BCUT2D eigenvalue weighted by Crippen LogP contribution is -2.44. The van der Waals surface area contributed by atoms with Crippen molar-refractivity contribution in [3.05, 3.63) is 29.3 Å². The Morgan fingerprint density at radius 3 is 2.54 bits per heavy atom. The van der Waals surface area contributed by atoms with Crippen LogP contribution in [0.25, 0.3) is 0 Å². The van der Waals surface area contributed by atoms with Gasteiger partial charge in [0, 0.05) is 26.1 Å². The fourth-order valence-corrected chi connectivity index (χ4v) is 4.06. The average Bonchev–Trinajstić information content (AvgIpc) is 2.96. The van der Waals surface area contributed by atoms with E-state index >= 15 is 0 Å². The third-order valence-electron chi connectivity index (χ3n) is 5.44. The van der Waals surface area contributed by atoms with Crippen molar-refractivity contribution in [2.24, 2.45) is 0 Å². The van der Waals surface area contributed by atoms with Crippen molar-refractivity contribution in [2.75, 3.05) is 44.4 Å². The van der Waals surface area contributed by atoms with Crippen molar-refractivity contribution in [1.29, 1.82) is 5.26 Å². The van der Waals surface area contributed by atoms with Crippen LogP contribution < -0.4 is 10.2 Å². The predicted octanol–water partition coefficient (Wildman–Crippen LogP) is 3.24. The maximum Gasteiger partial charge on any atom is 0.417 e. The van der Waals surface area contributed by atoms with E-state index in [-0.39, 0.29) is 29.7 Å². The number of alkyl halides is 3. The quantitative estimate of drug-likeness (QED) is 0.338. The first-order chi connectivity index (χ1) is 16.4. The highest BCUT2D eigenvalue weighted by Crippen LogP contribution is 2.37. The Labute approximate surface area is 207 Å². The lowest BCUT2D eigenvalue weighted by molar-refractivity contribution is -0.137. The number of hydrogen-bond acceptors (Lipinski definition) is 6. The molecule has 12 heteroatoms. The Balaban J connectivity index is 1.98. The van der Waals surface area contributed by atoms with Crippen LogP contribution >= 0.6 is 12.2 Å². The number of nitriles is 1. The van der Waals surface area contributed by atoms with Gasteiger partial charge in [0.05, 0.1) is 42.7 Å². The summed E-state index contributed by atoms with van der Waals surface area (Å²) in [6.07, 6.45) is -4.21. The molecule has 1 saturated heterocycles. The van der Waals surface area contributed by atoms with Crippen LogP contribution in [-0.2, 0) is 25.2 Å². The molecule has 0 bridgehead atoms. The van der Waals surface area contributed by atoms with Gasteiger partial charge in [0.1, 0.15) is 5.54 Å². The normalized spacial score (nSPS) is 15.5. The Morgan fingerprint density at radius 1 is 1.23 bits per heavy atom. The summed E-state index contributed by atoms with van der Waals surface area (Å²) >= 11 is 5.43. The van der Waals surface area contributed by atoms with Gasteiger partial charge in [0.15, 0.2) is 5.11 Å². The minimum Gasteiger partial charge on any atom is -0.379 e. The van der Waals surface area contributed by atoms with Gasteiger partial charge >= 0.3 is 6.18 Å². The van der Waals surface area contributed by atoms with Gasteiger partial charge in [-0.2, -0.15) is 18.4 Å². The summed E-state index contributed by atoms with van der Waals surface area (Å²) in [6.45, 7) is 7.65. The van der Waals surface area contributed by atoms with E-state index in [9.17, 15) is 22.8 Å². The lowest BCUT2D eigenvalue weighted by atomic mass is 10.0. The van der Waals surface area contributed by atoms with E-state index in [1.807, 2.05) is 6.92 Å². The molecular weight excluding hydrogens is 485 g/mol. The van der Waals surface area contributed by atoms with Crippen molar-refractivity contribution >= 4 is 34.8 Å². The van der Waals surface area contributed by atoms with E-state index in [1.54, 1.807) is 18.7 Å². The van der Waals surface area contributed by atoms with Crippen LogP contribution in [0, 0.1) is 11.3 Å². The number of amides is 2. The molecule has 0 atom stereocenters. The summed E-state index contributed by atoms with van der Waals surface area (Å²) in [7, 11) is 0. The minimum absolute atomic E-state index is 0.0425. The summed E-state index contributed by atoms with van der Waals surface area (Å²) in [5.74, 6) is -0.680. The first-order valence-corrected chi connectivity index (χ1v) is 11.6. The molecule has 0 saturated carbocycles. The van der Waals surface area contributed by atoms with Gasteiger partial charge in [-0.05, 0) is 57.6 Å². The zero-order valence-corrected chi connectivity index (χ0v) is 20.7. The second-order valence-electron chi connectivity index (χ2n) is 8.24. The van der Waals surface area contributed by atoms with Gasteiger partial charge in [-0.3, -0.25) is 14.5 Å². The molecule has 1 aromatic carbocycles. The molecule has 1 N–H and O–H groups in total. The van der Waals surface area contributed by atoms with Gasteiger partial charge in [0.2, 0.25) is 5.91 Å². The number of nitrogens with zero attached hydrogens (tertiary/aromatic N) is 3. The molecule has 0 aromatic heterocycles. The van der Waals surface area contributed by atoms with E-state index in [0.717, 1.165) is 17.0 Å². The van der Waals surface area contributed by atoms with Crippen molar-refractivity contribution < 1.29 is 32.2 Å². The smallest absolute Gasteiger partial charge is 0.379 e. The van der Waals surface area contributed by atoms with Gasteiger partial charge in [0.25, 0.3) is 5.91 Å². The van der Waals surface area contributed by atoms with E-state index < -0.39 is 28.7 Å². The van der Waals surface area contributed by atoms with Crippen LogP contribution in [0.4, 0.5) is 18.9 Å². The second-order valence-corrected chi connectivity index (χ2v) is 8.60. The monoisotopic (exact) mass is 514 g/mol. The van der Waals surface area contributed by atoms with Crippen LogP contribution in [0.5, 0.6) is 0 Å². The fourth-order valence-electron chi connectivity index (χ4n) is 3.55. The molecule has 1 heterocycles. The number of halogens is 3. The molecular formula is C23H29F3N4O4S. The van der Waals surface area contributed by atoms with Crippen LogP contribution in [-0.4, -0.2) is 66.9 Å². The predicted molar refractivity (Wildman–Crippen MR) is 127 cm³/mol. The number of thiocarbonyl (C=S) groups is 1. The molecule has 1 fully saturated rings. The Kier molecular flexibility index (Phi) is 10.00. The maximum atomic E-state index is 13.4. The number of carbonyl (C=O) groups excluding carboxylic acids is 2. The van der Waals surface area contributed by atoms with Gasteiger partial charge in [-0.1, -0.05) is 0 Å². The first kappa shape index (κ1) is 28.5. The SMILES string of the molecule is CCOCCOCCNC(=O)CCCN1C(=S)N(c2ccc(C#N)c(C(F)(F)F)c2)C(=O)C1(C)C. The third-order valence-corrected chi connectivity index (χ3v) is 5.84. The Morgan fingerprint density at radius 2 is 1.91 bits per heavy atom. The average molecular weight is 515 g/mol. The van der Waals surface area contributed by atoms with Crippen LogP contribution in [0.15, 0.2) is 18.2 Å². The zero-order valence-electron chi connectivity index (χ0n) is 19.9. The number of ether oxygens (including phenoxy) is 2. The molecule has 8 nitrogen and oxygen atoms in total. The van der Waals surface area contributed by atoms with E-state index in [2.05, 4.69) is 5.32 Å². The van der Waals surface area contributed by atoms with Crippen LogP contribution in [0.3, 0.4) is 0 Å². The fraction of sp³-hybridized carbons (Fsp3) is 0.565. The minimum atomic E-state index is -4.76. The topological polar surface area (TPSA) is 94.9 Å². The summed E-state index contributed by atoms with van der Waals surface area (Å²) in [4.78, 5) is 27.8. The highest BCUT2D eigenvalue weighted by atomic mass is 32.1. The van der Waals surface area contributed by atoms with E-state index in [0.29, 0.717) is 39.4 Å². The van der Waals surface area contributed by atoms with Crippen molar-refractivity contribution in [3.63, 3.8) is 0 Å². The van der Waals surface area contributed by atoms with Gasteiger partial charge in [-0.25, -0.2) is 0 Å². The third kappa shape index (κ3) is 7.13. The second kappa shape index (κ2) is 12.3. The molecule has 1 aromatic rings. The van der Waals surface area contributed by atoms with E-state index in [1.165, 1.54) is 12.1 Å². The molecule has 1 aliphatic rings. The number of benzene rings is 1. The molecule has 2 rings (SSSR count). The molecule has 192 valence electrons. The molecule has 0 unspecified atom stereocenters. The zero-order chi connectivity index (χ0) is 26.2. The molecule has 1 aliphatic heterocycles. The molecule has 2 amide bonds. The van der Waals surface area contributed by atoms with Crippen LogP contribution in [0.2, 0.25) is 0 Å². The van der Waals surface area contributed by atoms with Crippen molar-refractivity contribution in [3.8, 4) is 6.07 Å². The summed E-state index contributed by atoms with van der Waals surface area (Å²) in [6, 6.07) is 4.56. The Hall–Kier alpha value is -2.75. The summed E-state index contributed by atoms with van der Waals surface area (Å²) < 4.78 is 50.7. The molecule has 0 spiro atoms. The first-order valence-electron chi connectivity index (χ1n) is 11.1. The van der Waals surface area contributed by atoms with Crippen molar-refractivity contribution in [1.82, 2.24) is 10.2 Å². The molecule has 35 heavy (non-hydrogen) atoms. The highest BCUT2D eigenvalue weighted by molar-refractivity contribution is 7.80. The molecule has 0 aliphatic carbocycles. The van der Waals surface area contributed by atoms with Gasteiger partial charge < -0.3 is 19.7 Å². The Bertz CT molecular complexity index is 978.